The molecular formula is C10H16. The highest BCUT2D eigenvalue weighted by molar-refractivity contribution is 4.98. The molecule has 5 rings (SSSR count). The molecule has 0 spiro atoms. The first kappa shape index (κ1) is 5.62. The van der Waals surface area contributed by atoms with Crippen molar-refractivity contribution in [2.45, 2.75) is 38.5 Å². The van der Waals surface area contributed by atoms with Crippen LogP contribution in [0.25, 0.3) is 0 Å². The fourth-order valence-corrected chi connectivity index (χ4v) is 3.77. The van der Waals surface area contributed by atoms with Gasteiger partial charge < -0.3 is 0 Å². The van der Waals surface area contributed by atoms with Crippen molar-refractivity contribution in [1.29, 1.82) is 0 Å². The molecular weight excluding hydrogens is 120 g/mol. The van der Waals surface area contributed by atoms with E-state index in [0.29, 0.717) is 0 Å². The van der Waals surface area contributed by atoms with Gasteiger partial charge in [-0.2, -0.15) is 0 Å². The third kappa shape index (κ3) is 0.580. The molecule has 0 heteroatoms. The molecule has 0 heterocycles. The molecule has 0 amide bonds. The van der Waals surface area contributed by atoms with E-state index in [9.17, 15) is 0 Å². The van der Waals surface area contributed by atoms with Gasteiger partial charge in [-0.25, -0.2) is 0 Å². The van der Waals surface area contributed by atoms with E-state index in [4.69, 9.17) is 0 Å². The molecule has 5 aliphatic carbocycles. The van der Waals surface area contributed by atoms with E-state index in [2.05, 4.69) is 0 Å². The number of hydrogen-bond donors (Lipinski definition) is 0. The highest BCUT2D eigenvalue weighted by atomic mass is 14.5. The zero-order chi connectivity index (χ0) is 6.55. The van der Waals surface area contributed by atoms with Gasteiger partial charge in [0.25, 0.3) is 0 Å². The van der Waals surface area contributed by atoms with Gasteiger partial charge in [0.05, 0.1) is 0 Å². The van der Waals surface area contributed by atoms with E-state index in [-0.39, 0.29) is 0 Å². The maximum atomic E-state index is 1.61. The molecule has 0 saturated heterocycles. The molecule has 0 aliphatic heterocycles. The first-order chi connectivity index (χ1) is 4.93. The van der Waals surface area contributed by atoms with Gasteiger partial charge in [0.15, 0.2) is 0 Å². The predicted octanol–water partition coefficient (Wildman–Crippen LogP) is 2.83. The number of rotatable bonds is 0. The Morgan fingerprint density at radius 3 is 2.40 bits per heavy atom. The molecule has 0 aromatic rings. The minimum atomic E-state index is 1.17. The average Bonchev–Trinajstić information content (AvgIpc) is 2.19. The van der Waals surface area contributed by atoms with Crippen LogP contribution in [0.2, 0.25) is 0 Å². The van der Waals surface area contributed by atoms with Gasteiger partial charge in [-0.15, -0.1) is 0 Å². The van der Waals surface area contributed by atoms with Gasteiger partial charge in [0.1, 0.15) is 0 Å². The second kappa shape index (κ2) is 1.78. The molecule has 5 aliphatic rings. The lowest BCUT2D eigenvalue weighted by molar-refractivity contribution is -0.00392. The van der Waals surface area contributed by atoms with Crippen molar-refractivity contribution in [2.24, 2.45) is 23.7 Å². The van der Waals surface area contributed by atoms with Crippen molar-refractivity contribution >= 4 is 0 Å². The highest BCUT2D eigenvalue weighted by Gasteiger charge is 2.47. The molecule has 0 radical (unpaired) electrons. The van der Waals surface area contributed by atoms with Crippen LogP contribution >= 0.6 is 0 Å². The third-order valence-electron chi connectivity index (χ3n) is 4.24. The average molecular weight is 136 g/mol. The maximum Gasteiger partial charge on any atom is -0.0357 e. The first-order valence-corrected chi connectivity index (χ1v) is 4.93. The molecule has 0 aromatic heterocycles. The molecule has 0 aromatic carbocycles. The Labute approximate surface area is 63.0 Å². The SMILES string of the molecule is C1CC2CC3CC(C2)C3C1. The highest BCUT2D eigenvalue weighted by Crippen LogP contribution is 2.57. The molecule has 0 nitrogen and oxygen atoms in total. The summed E-state index contributed by atoms with van der Waals surface area (Å²) in [6.45, 7) is 0. The summed E-state index contributed by atoms with van der Waals surface area (Å²) in [7, 11) is 0. The summed E-state index contributed by atoms with van der Waals surface area (Å²) in [5.41, 5.74) is 0. The van der Waals surface area contributed by atoms with Crippen LogP contribution in [0.3, 0.4) is 0 Å². The third-order valence-corrected chi connectivity index (χ3v) is 4.24. The van der Waals surface area contributed by atoms with Crippen LogP contribution in [0, 0.1) is 23.7 Å². The van der Waals surface area contributed by atoms with Crippen molar-refractivity contribution in [1.82, 2.24) is 0 Å². The molecule has 0 N–H and O–H groups in total. The van der Waals surface area contributed by atoms with E-state index in [0.717, 1.165) is 0 Å². The molecule has 2 unspecified atom stereocenters. The minimum Gasteiger partial charge on any atom is -0.0528 e. The van der Waals surface area contributed by atoms with Gasteiger partial charge in [-0.3, -0.25) is 0 Å². The van der Waals surface area contributed by atoms with Crippen LogP contribution in [-0.4, -0.2) is 0 Å². The normalized spacial score (nSPS) is 57.6. The topological polar surface area (TPSA) is 0 Å². The fourth-order valence-electron chi connectivity index (χ4n) is 3.77. The van der Waals surface area contributed by atoms with Crippen molar-refractivity contribution in [3.8, 4) is 0 Å². The molecule has 5 saturated carbocycles. The lowest BCUT2D eigenvalue weighted by atomic mass is 9.55. The predicted molar refractivity (Wildman–Crippen MR) is 41.7 cm³/mol. The van der Waals surface area contributed by atoms with E-state index in [1.165, 1.54) is 23.7 Å². The zero-order valence-electron chi connectivity index (χ0n) is 6.55. The molecule has 56 valence electrons. The van der Waals surface area contributed by atoms with E-state index >= 15 is 0 Å². The Morgan fingerprint density at radius 2 is 1.60 bits per heavy atom. The Kier molecular flexibility index (Phi) is 1.00. The monoisotopic (exact) mass is 136 g/mol. The van der Waals surface area contributed by atoms with Crippen molar-refractivity contribution < 1.29 is 0 Å². The summed E-state index contributed by atoms with van der Waals surface area (Å²) in [4.78, 5) is 0. The van der Waals surface area contributed by atoms with Gasteiger partial charge in [0, 0.05) is 0 Å². The molecule has 10 heavy (non-hydrogen) atoms. The molecule has 2 atom stereocenters. The lowest BCUT2D eigenvalue weighted by Crippen LogP contribution is -2.41. The van der Waals surface area contributed by atoms with E-state index in [1.807, 2.05) is 0 Å². The lowest BCUT2D eigenvalue weighted by Gasteiger charge is -2.50. The van der Waals surface area contributed by atoms with Gasteiger partial charge >= 0.3 is 0 Å². The van der Waals surface area contributed by atoms with Gasteiger partial charge in [0.2, 0.25) is 0 Å². The Morgan fingerprint density at radius 1 is 0.800 bits per heavy atom. The fraction of sp³-hybridized carbons (Fsp3) is 1.00. The summed E-state index contributed by atoms with van der Waals surface area (Å²) in [6, 6.07) is 0. The minimum absolute atomic E-state index is 1.17. The van der Waals surface area contributed by atoms with E-state index in [1.54, 1.807) is 38.5 Å². The quantitative estimate of drug-likeness (QED) is 0.480. The van der Waals surface area contributed by atoms with Crippen molar-refractivity contribution in [3.63, 3.8) is 0 Å². The second-order valence-electron chi connectivity index (χ2n) is 4.69. The van der Waals surface area contributed by atoms with Crippen LogP contribution in [0.5, 0.6) is 0 Å². The summed E-state index contributed by atoms with van der Waals surface area (Å²) in [6.07, 6.45) is 9.56. The Bertz CT molecular complexity index is 138. The maximum absolute atomic E-state index is 1.61. The summed E-state index contributed by atoms with van der Waals surface area (Å²) in [5, 5.41) is 0. The van der Waals surface area contributed by atoms with E-state index < -0.39 is 0 Å². The molecule has 5 fully saturated rings. The van der Waals surface area contributed by atoms with Crippen molar-refractivity contribution in [3.05, 3.63) is 0 Å². The second-order valence-corrected chi connectivity index (χ2v) is 4.69. The van der Waals surface area contributed by atoms with Gasteiger partial charge in [-0.1, -0.05) is 12.8 Å². The smallest absolute Gasteiger partial charge is 0.0357 e. The van der Waals surface area contributed by atoms with Crippen LogP contribution < -0.4 is 0 Å². The number of fused-ring (bicyclic) bond motifs is 2. The van der Waals surface area contributed by atoms with Crippen LogP contribution in [0.4, 0.5) is 0 Å². The van der Waals surface area contributed by atoms with Crippen LogP contribution in [0.1, 0.15) is 38.5 Å². The summed E-state index contributed by atoms with van der Waals surface area (Å²) < 4.78 is 0. The largest absolute Gasteiger partial charge is 0.0528 e. The molecule has 4 bridgehead atoms. The Balaban J connectivity index is 1.89. The van der Waals surface area contributed by atoms with Crippen LogP contribution in [-0.2, 0) is 0 Å². The zero-order valence-corrected chi connectivity index (χ0v) is 6.55. The van der Waals surface area contributed by atoms with Crippen molar-refractivity contribution in [2.75, 3.05) is 0 Å². The van der Waals surface area contributed by atoms with Crippen LogP contribution in [0.15, 0.2) is 0 Å². The number of hydrogen-bond acceptors (Lipinski definition) is 0. The van der Waals surface area contributed by atoms with Gasteiger partial charge in [-0.05, 0) is 49.4 Å². The first-order valence-electron chi connectivity index (χ1n) is 4.93. The summed E-state index contributed by atoms with van der Waals surface area (Å²) >= 11 is 0. The summed E-state index contributed by atoms with van der Waals surface area (Å²) in [5.74, 6) is 4.78. The Hall–Kier alpha value is 0. The standard InChI is InChI=1S/C10H16/c1-2-7-4-8-6-9(5-7)10(8)3-1/h7-10H,1-6H2.